The summed E-state index contributed by atoms with van der Waals surface area (Å²) in [7, 11) is 0. The van der Waals surface area contributed by atoms with Gasteiger partial charge in [-0.3, -0.25) is 4.90 Å². The van der Waals surface area contributed by atoms with Crippen LogP contribution >= 0.6 is 11.8 Å². The number of rotatable bonds is 5. The summed E-state index contributed by atoms with van der Waals surface area (Å²) in [6.07, 6.45) is 1.22. The molecular formula is C12H26N2S. The van der Waals surface area contributed by atoms with Crippen LogP contribution in [0.1, 0.15) is 34.1 Å². The fraction of sp³-hybridized carbons (Fsp3) is 1.00. The average molecular weight is 230 g/mol. The van der Waals surface area contributed by atoms with Crippen molar-refractivity contribution in [1.82, 2.24) is 10.2 Å². The second kappa shape index (κ2) is 6.77. The molecule has 0 aromatic rings. The molecule has 1 fully saturated rings. The van der Waals surface area contributed by atoms with Crippen LogP contribution < -0.4 is 5.32 Å². The van der Waals surface area contributed by atoms with Crippen LogP contribution in [0.2, 0.25) is 0 Å². The standard InChI is InChI=1S/C12H26N2S/c1-5-10(2)13-8-11(3)14-6-7-15-12(4)9-14/h10-13H,5-9H2,1-4H3. The van der Waals surface area contributed by atoms with Gasteiger partial charge in [-0.1, -0.05) is 13.8 Å². The highest BCUT2D eigenvalue weighted by Gasteiger charge is 2.20. The molecule has 3 unspecified atom stereocenters. The lowest BCUT2D eigenvalue weighted by molar-refractivity contribution is 0.209. The summed E-state index contributed by atoms with van der Waals surface area (Å²) >= 11 is 2.11. The maximum atomic E-state index is 3.60. The largest absolute Gasteiger partial charge is 0.313 e. The Labute approximate surface area is 99.2 Å². The number of nitrogens with one attached hydrogen (secondary N) is 1. The van der Waals surface area contributed by atoms with E-state index in [0.29, 0.717) is 12.1 Å². The zero-order valence-electron chi connectivity index (χ0n) is 10.6. The molecule has 1 heterocycles. The van der Waals surface area contributed by atoms with E-state index in [-0.39, 0.29) is 0 Å². The van der Waals surface area contributed by atoms with Gasteiger partial charge in [0.15, 0.2) is 0 Å². The summed E-state index contributed by atoms with van der Waals surface area (Å²) in [5.74, 6) is 1.30. The summed E-state index contributed by atoms with van der Waals surface area (Å²) in [5, 5.41) is 4.41. The molecule has 3 heteroatoms. The van der Waals surface area contributed by atoms with Crippen LogP contribution in [0.3, 0.4) is 0 Å². The van der Waals surface area contributed by atoms with Gasteiger partial charge in [0.05, 0.1) is 0 Å². The van der Waals surface area contributed by atoms with Crippen molar-refractivity contribution in [3.63, 3.8) is 0 Å². The van der Waals surface area contributed by atoms with E-state index < -0.39 is 0 Å². The van der Waals surface area contributed by atoms with E-state index in [0.717, 1.165) is 11.8 Å². The van der Waals surface area contributed by atoms with Crippen molar-refractivity contribution in [1.29, 1.82) is 0 Å². The molecule has 1 aliphatic rings. The minimum Gasteiger partial charge on any atom is -0.313 e. The van der Waals surface area contributed by atoms with Crippen LogP contribution in [0.4, 0.5) is 0 Å². The lowest BCUT2D eigenvalue weighted by Gasteiger charge is -2.35. The molecule has 1 N–H and O–H groups in total. The van der Waals surface area contributed by atoms with Crippen LogP contribution in [0, 0.1) is 0 Å². The average Bonchev–Trinajstić information content (AvgIpc) is 2.25. The molecule has 2 nitrogen and oxygen atoms in total. The minimum atomic E-state index is 0.657. The van der Waals surface area contributed by atoms with Crippen LogP contribution in [-0.4, -0.2) is 47.6 Å². The Hall–Kier alpha value is 0.270. The fourth-order valence-electron chi connectivity index (χ4n) is 1.89. The molecular weight excluding hydrogens is 204 g/mol. The normalized spacial score (nSPS) is 27.6. The topological polar surface area (TPSA) is 15.3 Å². The number of thioether (sulfide) groups is 1. The summed E-state index contributed by atoms with van der Waals surface area (Å²) in [4.78, 5) is 2.62. The smallest absolute Gasteiger partial charge is 0.0193 e. The Balaban J connectivity index is 2.23. The van der Waals surface area contributed by atoms with Crippen molar-refractivity contribution in [3.8, 4) is 0 Å². The fourth-order valence-corrected chi connectivity index (χ4v) is 2.93. The summed E-state index contributed by atoms with van der Waals surface area (Å²) in [6.45, 7) is 12.8. The van der Waals surface area contributed by atoms with Gasteiger partial charge in [-0.15, -0.1) is 0 Å². The molecule has 0 spiro atoms. The predicted molar refractivity (Wildman–Crippen MR) is 70.7 cm³/mol. The number of nitrogens with zero attached hydrogens (tertiary/aromatic N) is 1. The Morgan fingerprint density at radius 2 is 2.20 bits per heavy atom. The van der Waals surface area contributed by atoms with Gasteiger partial charge in [-0.05, 0) is 20.3 Å². The van der Waals surface area contributed by atoms with Gasteiger partial charge in [0.2, 0.25) is 0 Å². The molecule has 1 rings (SSSR count). The summed E-state index contributed by atoms with van der Waals surface area (Å²) < 4.78 is 0. The summed E-state index contributed by atoms with van der Waals surface area (Å²) in [6, 6.07) is 1.34. The number of hydrogen-bond acceptors (Lipinski definition) is 3. The lowest BCUT2D eigenvalue weighted by Crippen LogP contribution is -2.47. The third kappa shape index (κ3) is 4.75. The van der Waals surface area contributed by atoms with Gasteiger partial charge in [0.25, 0.3) is 0 Å². The van der Waals surface area contributed by atoms with Gasteiger partial charge in [-0.2, -0.15) is 11.8 Å². The SMILES string of the molecule is CCC(C)NCC(C)N1CCSC(C)C1. The van der Waals surface area contributed by atoms with E-state index in [1.807, 2.05) is 0 Å². The molecule has 1 saturated heterocycles. The zero-order chi connectivity index (χ0) is 11.3. The monoisotopic (exact) mass is 230 g/mol. The Morgan fingerprint density at radius 1 is 1.47 bits per heavy atom. The molecule has 0 radical (unpaired) electrons. The molecule has 90 valence electrons. The van der Waals surface area contributed by atoms with Crippen LogP contribution in [0.5, 0.6) is 0 Å². The first-order chi connectivity index (χ1) is 7.13. The number of hydrogen-bond donors (Lipinski definition) is 1. The lowest BCUT2D eigenvalue weighted by atomic mass is 10.2. The molecule has 0 aromatic heterocycles. The van der Waals surface area contributed by atoms with E-state index in [1.165, 1.54) is 25.3 Å². The van der Waals surface area contributed by atoms with Gasteiger partial charge in [-0.25, -0.2) is 0 Å². The van der Waals surface area contributed by atoms with E-state index >= 15 is 0 Å². The molecule has 3 atom stereocenters. The first kappa shape index (κ1) is 13.3. The van der Waals surface area contributed by atoms with E-state index in [2.05, 4.69) is 49.7 Å². The Morgan fingerprint density at radius 3 is 2.80 bits per heavy atom. The van der Waals surface area contributed by atoms with Crippen molar-refractivity contribution >= 4 is 11.8 Å². The first-order valence-electron chi connectivity index (χ1n) is 6.22. The predicted octanol–water partition coefficient (Wildman–Crippen LogP) is 2.20. The van der Waals surface area contributed by atoms with Crippen molar-refractivity contribution in [2.75, 3.05) is 25.4 Å². The molecule has 0 aliphatic carbocycles. The van der Waals surface area contributed by atoms with Crippen molar-refractivity contribution < 1.29 is 0 Å². The van der Waals surface area contributed by atoms with Crippen LogP contribution in [-0.2, 0) is 0 Å². The van der Waals surface area contributed by atoms with Crippen molar-refractivity contribution in [2.45, 2.75) is 51.4 Å². The second-order valence-corrected chi connectivity index (χ2v) is 6.29. The molecule has 0 saturated carbocycles. The van der Waals surface area contributed by atoms with Crippen molar-refractivity contribution in [3.05, 3.63) is 0 Å². The highest BCUT2D eigenvalue weighted by Crippen LogP contribution is 2.19. The van der Waals surface area contributed by atoms with E-state index in [4.69, 9.17) is 0 Å². The highest BCUT2D eigenvalue weighted by molar-refractivity contribution is 7.99. The molecule has 0 aromatic carbocycles. The minimum absolute atomic E-state index is 0.657. The van der Waals surface area contributed by atoms with Crippen LogP contribution in [0.15, 0.2) is 0 Å². The van der Waals surface area contributed by atoms with Gasteiger partial charge < -0.3 is 5.32 Å². The quantitative estimate of drug-likeness (QED) is 0.779. The Kier molecular flexibility index (Phi) is 6.02. The van der Waals surface area contributed by atoms with E-state index in [1.54, 1.807) is 0 Å². The second-order valence-electron chi connectivity index (χ2n) is 4.74. The maximum absolute atomic E-state index is 3.60. The Bertz CT molecular complexity index is 175. The van der Waals surface area contributed by atoms with Gasteiger partial charge >= 0.3 is 0 Å². The van der Waals surface area contributed by atoms with E-state index in [9.17, 15) is 0 Å². The molecule has 0 bridgehead atoms. The maximum Gasteiger partial charge on any atom is 0.0193 e. The van der Waals surface area contributed by atoms with Crippen molar-refractivity contribution in [2.24, 2.45) is 0 Å². The third-order valence-electron chi connectivity index (χ3n) is 3.27. The van der Waals surface area contributed by atoms with Crippen LogP contribution in [0.25, 0.3) is 0 Å². The summed E-state index contributed by atoms with van der Waals surface area (Å²) in [5.41, 5.74) is 0. The third-order valence-corrected chi connectivity index (χ3v) is 4.41. The van der Waals surface area contributed by atoms with Gasteiger partial charge in [0, 0.05) is 42.7 Å². The first-order valence-corrected chi connectivity index (χ1v) is 7.27. The zero-order valence-corrected chi connectivity index (χ0v) is 11.4. The highest BCUT2D eigenvalue weighted by atomic mass is 32.2. The molecule has 1 aliphatic heterocycles. The molecule has 15 heavy (non-hydrogen) atoms. The molecule has 0 amide bonds. The van der Waals surface area contributed by atoms with Gasteiger partial charge in [0.1, 0.15) is 0 Å².